The number of phenolic OH excluding ortho intramolecular Hbond substituents is 1. The fourth-order valence-electron chi connectivity index (χ4n) is 1.92. The van der Waals surface area contributed by atoms with Crippen molar-refractivity contribution in [2.75, 3.05) is 13.2 Å². The van der Waals surface area contributed by atoms with E-state index < -0.39 is 11.6 Å². The highest BCUT2D eigenvalue weighted by Crippen LogP contribution is 2.27. The summed E-state index contributed by atoms with van der Waals surface area (Å²) in [6.07, 6.45) is 0. The first-order valence-electron chi connectivity index (χ1n) is 6.51. The van der Waals surface area contributed by atoms with E-state index in [0.717, 1.165) is 0 Å². The molecule has 1 heterocycles. The molecule has 1 aromatic heterocycles. The molecule has 0 saturated heterocycles. The molecule has 0 spiro atoms. The Morgan fingerprint density at radius 2 is 2.14 bits per heavy atom. The molecule has 0 aliphatic carbocycles. The van der Waals surface area contributed by atoms with Gasteiger partial charge in [-0.15, -0.1) is 0 Å². The Balaban J connectivity index is 2.30. The minimum absolute atomic E-state index is 0.0381. The fraction of sp³-hybridized carbons (Fsp3) is 0.333. The van der Waals surface area contributed by atoms with Crippen LogP contribution in [0.1, 0.15) is 18.1 Å². The second-order valence-electron chi connectivity index (χ2n) is 4.47. The smallest absolute Gasteiger partial charge is 0.336 e. The fourth-order valence-corrected chi connectivity index (χ4v) is 1.92. The third-order valence-electron chi connectivity index (χ3n) is 3.03. The normalized spacial score (nSPS) is 10.8. The van der Waals surface area contributed by atoms with E-state index in [9.17, 15) is 14.7 Å². The summed E-state index contributed by atoms with van der Waals surface area (Å²) in [5.41, 5.74) is 0.715. The molecular weight excluding hydrogens is 276 g/mol. The lowest BCUT2D eigenvalue weighted by Gasteiger charge is -2.09. The van der Waals surface area contributed by atoms with Gasteiger partial charge < -0.3 is 19.0 Å². The third-order valence-corrected chi connectivity index (χ3v) is 3.03. The predicted octanol–water partition coefficient (Wildman–Crippen LogP) is 1.89. The number of rotatable bonds is 5. The van der Waals surface area contributed by atoms with Crippen LogP contribution in [-0.2, 0) is 20.9 Å². The highest BCUT2D eigenvalue weighted by Gasteiger charge is 2.12. The van der Waals surface area contributed by atoms with E-state index in [1.54, 1.807) is 19.9 Å². The minimum Gasteiger partial charge on any atom is -0.508 e. The molecule has 0 aliphatic heterocycles. The van der Waals surface area contributed by atoms with E-state index in [1.807, 2.05) is 0 Å². The third kappa shape index (κ3) is 3.41. The summed E-state index contributed by atoms with van der Waals surface area (Å²) < 4.78 is 15.1. The van der Waals surface area contributed by atoms with Crippen LogP contribution < -0.4 is 5.63 Å². The van der Waals surface area contributed by atoms with Crippen LogP contribution in [0.3, 0.4) is 0 Å². The summed E-state index contributed by atoms with van der Waals surface area (Å²) in [6, 6.07) is 4.39. The van der Waals surface area contributed by atoms with Gasteiger partial charge in [0, 0.05) is 29.2 Å². The number of carbonyl (C=O) groups excluding carboxylic acids is 1. The first-order chi connectivity index (χ1) is 10.0. The SMILES string of the molecule is CCOCC(=O)OCc1cc(=O)oc2c(C)c(O)ccc12. The molecule has 0 fully saturated rings. The predicted molar refractivity (Wildman–Crippen MR) is 75.2 cm³/mol. The Bertz CT molecular complexity index is 716. The van der Waals surface area contributed by atoms with Gasteiger partial charge in [0.15, 0.2) is 0 Å². The Morgan fingerprint density at radius 1 is 1.38 bits per heavy atom. The summed E-state index contributed by atoms with van der Waals surface area (Å²) in [6.45, 7) is 3.66. The second kappa shape index (κ2) is 6.41. The van der Waals surface area contributed by atoms with Crippen LogP contribution in [0.15, 0.2) is 27.4 Å². The number of phenols is 1. The van der Waals surface area contributed by atoms with Crippen molar-refractivity contribution in [2.45, 2.75) is 20.5 Å². The molecule has 1 aromatic carbocycles. The second-order valence-corrected chi connectivity index (χ2v) is 4.47. The van der Waals surface area contributed by atoms with Gasteiger partial charge in [-0.3, -0.25) is 0 Å². The summed E-state index contributed by atoms with van der Waals surface area (Å²) in [5, 5.41) is 10.3. The number of hydrogen-bond acceptors (Lipinski definition) is 6. The lowest BCUT2D eigenvalue weighted by atomic mass is 10.1. The Kier molecular flexibility index (Phi) is 4.59. The van der Waals surface area contributed by atoms with Crippen LogP contribution in [0.2, 0.25) is 0 Å². The minimum atomic E-state index is -0.563. The highest BCUT2D eigenvalue weighted by atomic mass is 16.6. The first-order valence-corrected chi connectivity index (χ1v) is 6.51. The van der Waals surface area contributed by atoms with Crippen LogP contribution in [-0.4, -0.2) is 24.3 Å². The van der Waals surface area contributed by atoms with Gasteiger partial charge in [0.2, 0.25) is 0 Å². The van der Waals surface area contributed by atoms with E-state index in [0.29, 0.717) is 28.7 Å². The van der Waals surface area contributed by atoms with Gasteiger partial charge in [-0.2, -0.15) is 0 Å². The van der Waals surface area contributed by atoms with Crippen molar-refractivity contribution in [3.8, 4) is 5.75 Å². The van der Waals surface area contributed by atoms with Gasteiger partial charge in [0.05, 0.1) is 0 Å². The van der Waals surface area contributed by atoms with Gasteiger partial charge in [0.25, 0.3) is 0 Å². The topological polar surface area (TPSA) is 86.0 Å². The quantitative estimate of drug-likeness (QED) is 0.669. The average molecular weight is 292 g/mol. The molecule has 112 valence electrons. The largest absolute Gasteiger partial charge is 0.508 e. The molecule has 2 aromatic rings. The number of esters is 1. The first kappa shape index (κ1) is 15.1. The number of ether oxygens (including phenoxy) is 2. The molecular formula is C15H16O6. The lowest BCUT2D eigenvalue weighted by molar-refractivity contribution is -0.150. The number of aryl methyl sites for hydroxylation is 1. The molecule has 0 saturated carbocycles. The molecule has 1 N–H and O–H groups in total. The summed E-state index contributed by atoms with van der Waals surface area (Å²) >= 11 is 0. The van der Waals surface area contributed by atoms with E-state index in [2.05, 4.69) is 0 Å². The zero-order valence-electron chi connectivity index (χ0n) is 11.8. The van der Waals surface area contributed by atoms with Crippen molar-refractivity contribution in [3.05, 3.63) is 39.7 Å². The van der Waals surface area contributed by atoms with Gasteiger partial charge in [0.1, 0.15) is 24.5 Å². The molecule has 0 unspecified atom stereocenters. The molecule has 21 heavy (non-hydrogen) atoms. The maximum atomic E-state index is 11.6. The van der Waals surface area contributed by atoms with Gasteiger partial charge in [-0.25, -0.2) is 9.59 Å². The van der Waals surface area contributed by atoms with Crippen molar-refractivity contribution in [1.29, 1.82) is 0 Å². The van der Waals surface area contributed by atoms with Crippen LogP contribution in [0.4, 0.5) is 0 Å². The van der Waals surface area contributed by atoms with Gasteiger partial charge in [-0.1, -0.05) is 0 Å². The van der Waals surface area contributed by atoms with Crippen LogP contribution in [0.5, 0.6) is 5.75 Å². The average Bonchev–Trinajstić information content (AvgIpc) is 2.46. The summed E-state index contributed by atoms with van der Waals surface area (Å²) in [4.78, 5) is 23.0. The van der Waals surface area contributed by atoms with Gasteiger partial charge in [-0.05, 0) is 26.0 Å². The van der Waals surface area contributed by atoms with Crippen molar-refractivity contribution >= 4 is 16.9 Å². The molecule has 6 heteroatoms. The Morgan fingerprint density at radius 3 is 2.86 bits per heavy atom. The van der Waals surface area contributed by atoms with Crippen molar-refractivity contribution in [1.82, 2.24) is 0 Å². The number of carbonyl (C=O) groups is 1. The molecule has 0 atom stereocenters. The van der Waals surface area contributed by atoms with Gasteiger partial charge >= 0.3 is 11.6 Å². The molecule has 2 rings (SSSR count). The molecule has 0 aliphatic rings. The van der Waals surface area contributed by atoms with E-state index in [1.165, 1.54) is 12.1 Å². The Hall–Kier alpha value is -2.34. The number of hydrogen-bond donors (Lipinski definition) is 1. The monoisotopic (exact) mass is 292 g/mol. The number of benzene rings is 1. The lowest BCUT2D eigenvalue weighted by Crippen LogP contribution is -2.13. The van der Waals surface area contributed by atoms with E-state index in [4.69, 9.17) is 13.9 Å². The maximum absolute atomic E-state index is 11.6. The summed E-state index contributed by atoms with van der Waals surface area (Å²) in [5.74, 6) is -0.468. The number of aromatic hydroxyl groups is 1. The Labute approximate surface area is 120 Å². The molecule has 0 bridgehead atoms. The van der Waals surface area contributed by atoms with E-state index in [-0.39, 0.29) is 19.0 Å². The van der Waals surface area contributed by atoms with Crippen molar-refractivity contribution in [3.63, 3.8) is 0 Å². The highest BCUT2D eigenvalue weighted by molar-refractivity contribution is 5.85. The van der Waals surface area contributed by atoms with Crippen LogP contribution >= 0.6 is 0 Å². The molecule has 0 radical (unpaired) electrons. The zero-order chi connectivity index (χ0) is 15.4. The standard InChI is InChI=1S/C15H16O6/c1-3-19-8-14(18)20-7-10-6-13(17)21-15-9(2)12(16)5-4-11(10)15/h4-6,16H,3,7-8H2,1-2H3. The van der Waals surface area contributed by atoms with Crippen LogP contribution in [0, 0.1) is 6.92 Å². The summed E-state index contributed by atoms with van der Waals surface area (Å²) in [7, 11) is 0. The van der Waals surface area contributed by atoms with Crippen LogP contribution in [0.25, 0.3) is 11.0 Å². The van der Waals surface area contributed by atoms with Crippen molar-refractivity contribution in [2.24, 2.45) is 0 Å². The maximum Gasteiger partial charge on any atom is 0.336 e. The van der Waals surface area contributed by atoms with Crippen molar-refractivity contribution < 1.29 is 23.8 Å². The number of fused-ring (bicyclic) bond motifs is 1. The molecule has 6 nitrogen and oxygen atoms in total. The van der Waals surface area contributed by atoms with E-state index >= 15 is 0 Å². The molecule has 0 amide bonds. The zero-order valence-corrected chi connectivity index (χ0v) is 11.8.